The van der Waals surface area contributed by atoms with Crippen molar-refractivity contribution in [3.8, 4) is 6.07 Å². The maximum absolute atomic E-state index is 13.0. The number of fused-ring (bicyclic) bond motifs is 1. The van der Waals surface area contributed by atoms with Crippen LogP contribution in [0.15, 0.2) is 17.1 Å². The lowest BCUT2D eigenvalue weighted by atomic mass is 10.0. The van der Waals surface area contributed by atoms with Crippen molar-refractivity contribution in [1.29, 1.82) is 5.26 Å². The molecule has 0 unspecified atom stereocenters. The molecule has 2 aliphatic rings. The van der Waals surface area contributed by atoms with Gasteiger partial charge in [-0.1, -0.05) is 24.9 Å². The molecule has 0 radical (unpaired) electrons. The summed E-state index contributed by atoms with van der Waals surface area (Å²) in [6.45, 7) is 2.97. The molecular weight excluding hydrogens is 438 g/mol. The Hall–Kier alpha value is -2.15. The van der Waals surface area contributed by atoms with Crippen LogP contribution in [0.1, 0.15) is 50.6 Å². The molecule has 0 bridgehead atoms. The number of anilines is 1. The lowest BCUT2D eigenvalue weighted by molar-refractivity contribution is 0.331. The summed E-state index contributed by atoms with van der Waals surface area (Å²) in [5, 5.41) is 14.1. The molecule has 1 N–H and O–H groups in total. The zero-order valence-electron chi connectivity index (χ0n) is 17.6. The fourth-order valence-electron chi connectivity index (χ4n) is 4.86. The number of nitrogens with zero attached hydrogens (tertiary/aromatic N) is 4. The van der Waals surface area contributed by atoms with Crippen LogP contribution in [0.2, 0.25) is 5.02 Å². The third-order valence-corrected chi connectivity index (χ3v) is 8.12. The Balaban J connectivity index is 1.74. The monoisotopic (exact) mass is 463 g/mol. The van der Waals surface area contributed by atoms with Crippen molar-refractivity contribution in [2.45, 2.75) is 51.1 Å². The quantitative estimate of drug-likeness (QED) is 0.746. The maximum atomic E-state index is 13.0. The van der Waals surface area contributed by atoms with Gasteiger partial charge in [-0.05, 0) is 37.7 Å². The average molecular weight is 464 g/mol. The van der Waals surface area contributed by atoms with E-state index in [9.17, 15) is 18.5 Å². The lowest BCUT2D eigenvalue weighted by Gasteiger charge is -2.31. The van der Waals surface area contributed by atoms with E-state index in [4.69, 9.17) is 11.6 Å². The minimum absolute atomic E-state index is 0.00551. The Morgan fingerprint density at radius 3 is 2.55 bits per heavy atom. The molecule has 0 aromatic carbocycles. The minimum Gasteiger partial charge on any atom is -0.366 e. The molecule has 0 spiro atoms. The number of hydrogen-bond donors (Lipinski definition) is 1. The number of piperidine rings is 1. The Bertz CT molecular complexity index is 1210. The first-order valence-corrected chi connectivity index (χ1v) is 12.8. The van der Waals surface area contributed by atoms with Crippen LogP contribution in [0.4, 0.5) is 5.82 Å². The number of halogens is 1. The molecule has 1 saturated heterocycles. The lowest BCUT2D eigenvalue weighted by Crippen LogP contribution is -2.42. The molecule has 2 fully saturated rings. The van der Waals surface area contributed by atoms with E-state index in [0.29, 0.717) is 54.1 Å². The zero-order valence-corrected chi connectivity index (χ0v) is 19.2. The van der Waals surface area contributed by atoms with E-state index in [1.54, 1.807) is 16.8 Å². The molecule has 0 amide bonds. The molecule has 3 heterocycles. The molecule has 2 aromatic heterocycles. The largest absolute Gasteiger partial charge is 0.366 e. The number of nitrogens with one attached hydrogen (secondary N) is 1. The van der Waals surface area contributed by atoms with E-state index in [-0.39, 0.29) is 22.7 Å². The van der Waals surface area contributed by atoms with Crippen molar-refractivity contribution >= 4 is 38.3 Å². The summed E-state index contributed by atoms with van der Waals surface area (Å²) in [5.41, 5.74) is 0.626. The van der Waals surface area contributed by atoms with Crippen LogP contribution >= 0.6 is 11.6 Å². The zero-order chi connectivity index (χ0) is 22.3. The number of nitriles is 1. The highest BCUT2D eigenvalue weighted by atomic mass is 35.5. The predicted octanol–water partition coefficient (Wildman–Crippen LogP) is 3.12. The van der Waals surface area contributed by atoms with Gasteiger partial charge in [-0.3, -0.25) is 4.79 Å². The first kappa shape index (κ1) is 22.1. The van der Waals surface area contributed by atoms with Crippen LogP contribution in [0.5, 0.6) is 0 Å². The standard InChI is InChI=1S/C21H26ClN5O3S/c1-13-4-3-5-18(13)27-19-14(10-17(22)21(27)28)12-24-20(16(19)11-23)25-15-6-8-26(9-7-15)31(2,29)30/h10,12-13,15,18H,3-9H2,1-2H3,(H,24,25)/t13-,18+/m0/s1. The van der Waals surface area contributed by atoms with Crippen LogP contribution in [-0.2, 0) is 10.0 Å². The second kappa shape index (κ2) is 8.41. The van der Waals surface area contributed by atoms with Gasteiger partial charge < -0.3 is 9.88 Å². The fourth-order valence-corrected chi connectivity index (χ4v) is 5.95. The van der Waals surface area contributed by atoms with E-state index < -0.39 is 10.0 Å². The van der Waals surface area contributed by atoms with Crippen LogP contribution in [-0.4, -0.2) is 47.7 Å². The second-order valence-electron chi connectivity index (χ2n) is 8.62. The summed E-state index contributed by atoms with van der Waals surface area (Å²) in [6.07, 6.45) is 7.02. The highest BCUT2D eigenvalue weighted by Gasteiger charge is 2.30. The Labute approximate surface area is 186 Å². The molecule has 1 aliphatic carbocycles. The number of sulfonamides is 1. The third kappa shape index (κ3) is 4.16. The first-order chi connectivity index (χ1) is 14.7. The third-order valence-electron chi connectivity index (χ3n) is 6.55. The van der Waals surface area contributed by atoms with Crippen LogP contribution in [0.3, 0.4) is 0 Å². The number of rotatable bonds is 4. The van der Waals surface area contributed by atoms with Crippen molar-refractivity contribution < 1.29 is 8.42 Å². The number of aromatic nitrogens is 2. The van der Waals surface area contributed by atoms with Crippen molar-refractivity contribution in [2.75, 3.05) is 24.7 Å². The van der Waals surface area contributed by atoms with Gasteiger partial charge in [0.05, 0.1) is 11.8 Å². The molecule has 2 aromatic rings. The van der Waals surface area contributed by atoms with Crippen molar-refractivity contribution in [1.82, 2.24) is 13.9 Å². The van der Waals surface area contributed by atoms with Gasteiger partial charge in [0.1, 0.15) is 22.5 Å². The minimum atomic E-state index is -3.21. The predicted molar refractivity (Wildman–Crippen MR) is 121 cm³/mol. The van der Waals surface area contributed by atoms with E-state index in [1.165, 1.54) is 10.6 Å². The summed E-state index contributed by atoms with van der Waals surface area (Å²) >= 11 is 6.25. The van der Waals surface area contributed by atoms with E-state index >= 15 is 0 Å². The SMILES string of the molecule is C[C@H]1CCC[C@H]1n1c(=O)c(Cl)cc2cnc(NC3CCN(S(C)(=O)=O)CC3)c(C#N)c21. The Kier molecular flexibility index (Phi) is 5.99. The van der Waals surface area contributed by atoms with Crippen LogP contribution < -0.4 is 10.9 Å². The van der Waals surface area contributed by atoms with Gasteiger partial charge >= 0.3 is 0 Å². The van der Waals surface area contributed by atoms with Gasteiger partial charge in [0.25, 0.3) is 5.56 Å². The molecule has 10 heteroatoms. The Morgan fingerprint density at radius 2 is 1.97 bits per heavy atom. The highest BCUT2D eigenvalue weighted by molar-refractivity contribution is 7.88. The Morgan fingerprint density at radius 1 is 1.26 bits per heavy atom. The topological polar surface area (TPSA) is 108 Å². The van der Waals surface area contributed by atoms with Gasteiger partial charge in [0.2, 0.25) is 10.0 Å². The van der Waals surface area contributed by atoms with Crippen molar-refractivity contribution in [3.63, 3.8) is 0 Å². The highest BCUT2D eigenvalue weighted by Crippen LogP contribution is 2.38. The summed E-state index contributed by atoms with van der Waals surface area (Å²) in [5.74, 6) is 0.740. The molecule has 166 valence electrons. The smallest absolute Gasteiger partial charge is 0.270 e. The van der Waals surface area contributed by atoms with Gasteiger partial charge in [0.15, 0.2) is 0 Å². The van der Waals surface area contributed by atoms with Gasteiger partial charge in [-0.2, -0.15) is 5.26 Å². The van der Waals surface area contributed by atoms with E-state index in [2.05, 4.69) is 23.3 Å². The summed E-state index contributed by atoms with van der Waals surface area (Å²) in [7, 11) is -3.21. The summed E-state index contributed by atoms with van der Waals surface area (Å²) in [4.78, 5) is 17.5. The molecule has 1 saturated carbocycles. The van der Waals surface area contributed by atoms with E-state index in [1.807, 2.05) is 0 Å². The summed E-state index contributed by atoms with van der Waals surface area (Å²) in [6, 6.07) is 3.82. The molecular formula is C21H26ClN5O3S. The van der Waals surface area contributed by atoms with E-state index in [0.717, 1.165) is 19.3 Å². The molecule has 8 nitrogen and oxygen atoms in total. The molecule has 31 heavy (non-hydrogen) atoms. The average Bonchev–Trinajstić information content (AvgIpc) is 3.14. The second-order valence-corrected chi connectivity index (χ2v) is 11.0. The maximum Gasteiger partial charge on any atom is 0.270 e. The summed E-state index contributed by atoms with van der Waals surface area (Å²) < 4.78 is 26.7. The van der Waals surface area contributed by atoms with Crippen molar-refractivity contribution in [2.24, 2.45) is 5.92 Å². The van der Waals surface area contributed by atoms with Gasteiger partial charge in [-0.15, -0.1) is 0 Å². The number of pyridine rings is 2. The van der Waals surface area contributed by atoms with Crippen LogP contribution in [0, 0.1) is 17.2 Å². The molecule has 1 aliphatic heterocycles. The number of hydrogen-bond acceptors (Lipinski definition) is 6. The normalized spacial score (nSPS) is 23.2. The van der Waals surface area contributed by atoms with Gasteiger partial charge in [0, 0.05) is 36.8 Å². The van der Waals surface area contributed by atoms with Crippen LogP contribution in [0.25, 0.3) is 10.9 Å². The fraction of sp³-hybridized carbons (Fsp3) is 0.571. The first-order valence-electron chi connectivity index (χ1n) is 10.6. The molecule has 4 rings (SSSR count). The van der Waals surface area contributed by atoms with Gasteiger partial charge in [-0.25, -0.2) is 17.7 Å². The molecule has 2 atom stereocenters. The van der Waals surface area contributed by atoms with Crippen molar-refractivity contribution in [3.05, 3.63) is 33.2 Å².